The van der Waals surface area contributed by atoms with Gasteiger partial charge in [-0.05, 0) is 43.5 Å². The Labute approximate surface area is 128 Å². The monoisotopic (exact) mass is 342 g/mol. The molecule has 2 fully saturated rings. The Balaban J connectivity index is 1.79. The fourth-order valence-electron chi connectivity index (χ4n) is 3.28. The van der Waals surface area contributed by atoms with Crippen molar-refractivity contribution in [3.63, 3.8) is 0 Å². The van der Waals surface area contributed by atoms with E-state index in [2.05, 4.69) is 43.9 Å². The van der Waals surface area contributed by atoms with Crippen LogP contribution in [0.2, 0.25) is 0 Å². The van der Waals surface area contributed by atoms with Gasteiger partial charge >= 0.3 is 0 Å². The molecule has 104 valence electrons. The van der Waals surface area contributed by atoms with E-state index in [9.17, 15) is 0 Å². The zero-order valence-corrected chi connectivity index (χ0v) is 13.5. The molecule has 3 rings (SSSR count). The summed E-state index contributed by atoms with van der Waals surface area (Å²) in [5.74, 6) is 0.567. The predicted octanol–water partition coefficient (Wildman–Crippen LogP) is 3.86. The summed E-state index contributed by atoms with van der Waals surface area (Å²) in [5.41, 5.74) is 2.50. The van der Waals surface area contributed by atoms with E-state index in [1.54, 1.807) is 0 Å². The molecule has 0 aliphatic carbocycles. The molecule has 2 heterocycles. The molecule has 0 saturated carbocycles. The minimum atomic E-state index is 0.567. The van der Waals surface area contributed by atoms with Crippen LogP contribution in [0.3, 0.4) is 0 Å². The summed E-state index contributed by atoms with van der Waals surface area (Å²) < 4.78 is 1.13. The molecular formula is C15H20BrClN2. The van der Waals surface area contributed by atoms with Crippen LogP contribution < -0.4 is 4.90 Å². The third-order valence-corrected chi connectivity index (χ3v) is 5.38. The van der Waals surface area contributed by atoms with Crippen LogP contribution in [0.5, 0.6) is 0 Å². The van der Waals surface area contributed by atoms with Gasteiger partial charge in [-0.25, -0.2) is 0 Å². The Hall–Kier alpha value is -0.250. The largest absolute Gasteiger partial charge is 0.370 e. The van der Waals surface area contributed by atoms with Crippen molar-refractivity contribution in [1.29, 1.82) is 0 Å². The van der Waals surface area contributed by atoms with E-state index in [0.717, 1.165) is 10.5 Å². The molecule has 19 heavy (non-hydrogen) atoms. The second-order valence-corrected chi connectivity index (χ2v) is 6.66. The van der Waals surface area contributed by atoms with E-state index in [0.29, 0.717) is 5.88 Å². The SMILES string of the molecule is ClCc1ccc(N2CCCN3CCCC3C2)cc1Br. The van der Waals surface area contributed by atoms with Crippen molar-refractivity contribution < 1.29 is 0 Å². The second-order valence-electron chi connectivity index (χ2n) is 5.54. The molecule has 1 atom stereocenters. The van der Waals surface area contributed by atoms with Crippen molar-refractivity contribution in [2.75, 3.05) is 31.1 Å². The Morgan fingerprint density at radius 2 is 2.05 bits per heavy atom. The first kappa shape index (κ1) is 13.7. The average Bonchev–Trinajstić information content (AvgIpc) is 2.76. The maximum Gasteiger partial charge on any atom is 0.0485 e. The maximum atomic E-state index is 5.92. The van der Waals surface area contributed by atoms with Gasteiger partial charge in [-0.2, -0.15) is 0 Å². The molecule has 0 aromatic heterocycles. The smallest absolute Gasteiger partial charge is 0.0485 e. The number of halogens is 2. The highest BCUT2D eigenvalue weighted by molar-refractivity contribution is 9.10. The van der Waals surface area contributed by atoms with Crippen LogP contribution in [0.25, 0.3) is 0 Å². The molecule has 2 nitrogen and oxygen atoms in total. The van der Waals surface area contributed by atoms with Gasteiger partial charge in [0.05, 0.1) is 0 Å². The Bertz CT molecular complexity index is 452. The molecule has 1 aromatic rings. The lowest BCUT2D eigenvalue weighted by molar-refractivity contribution is 0.273. The second kappa shape index (κ2) is 6.02. The molecule has 2 aliphatic rings. The number of hydrogen-bond donors (Lipinski definition) is 0. The van der Waals surface area contributed by atoms with E-state index >= 15 is 0 Å². The van der Waals surface area contributed by atoms with Gasteiger partial charge in [0.25, 0.3) is 0 Å². The van der Waals surface area contributed by atoms with Gasteiger partial charge in [0, 0.05) is 41.7 Å². The van der Waals surface area contributed by atoms with Crippen molar-refractivity contribution in [3.8, 4) is 0 Å². The lowest BCUT2D eigenvalue weighted by atomic mass is 10.1. The van der Waals surface area contributed by atoms with Gasteiger partial charge in [0.1, 0.15) is 0 Å². The van der Waals surface area contributed by atoms with Gasteiger partial charge < -0.3 is 4.90 Å². The van der Waals surface area contributed by atoms with Gasteiger partial charge in [-0.15, -0.1) is 11.6 Å². The quantitative estimate of drug-likeness (QED) is 0.752. The first-order chi connectivity index (χ1) is 9.28. The number of benzene rings is 1. The Morgan fingerprint density at radius 1 is 1.21 bits per heavy atom. The van der Waals surface area contributed by atoms with Crippen LogP contribution in [0.4, 0.5) is 5.69 Å². The van der Waals surface area contributed by atoms with Crippen LogP contribution in [-0.4, -0.2) is 37.1 Å². The summed E-state index contributed by atoms with van der Waals surface area (Å²) in [6.45, 7) is 4.90. The summed E-state index contributed by atoms with van der Waals surface area (Å²) in [6, 6.07) is 7.34. The highest BCUT2D eigenvalue weighted by Gasteiger charge is 2.28. The maximum absolute atomic E-state index is 5.92. The molecule has 1 unspecified atom stereocenters. The van der Waals surface area contributed by atoms with Crippen molar-refractivity contribution in [2.45, 2.75) is 31.2 Å². The van der Waals surface area contributed by atoms with Crippen molar-refractivity contribution >= 4 is 33.2 Å². The zero-order chi connectivity index (χ0) is 13.2. The fraction of sp³-hybridized carbons (Fsp3) is 0.600. The molecule has 2 saturated heterocycles. The topological polar surface area (TPSA) is 6.48 Å². The van der Waals surface area contributed by atoms with E-state index in [1.807, 2.05) is 0 Å². The number of fused-ring (bicyclic) bond motifs is 1. The van der Waals surface area contributed by atoms with Crippen molar-refractivity contribution in [1.82, 2.24) is 4.90 Å². The summed E-state index contributed by atoms with van der Waals surface area (Å²) in [5, 5.41) is 0. The lowest BCUT2D eigenvalue weighted by Crippen LogP contribution is -2.36. The lowest BCUT2D eigenvalue weighted by Gasteiger charge is -2.27. The van der Waals surface area contributed by atoms with E-state index < -0.39 is 0 Å². The molecule has 0 spiro atoms. The number of alkyl halides is 1. The number of hydrogen-bond acceptors (Lipinski definition) is 2. The first-order valence-electron chi connectivity index (χ1n) is 7.11. The van der Waals surface area contributed by atoms with Gasteiger partial charge in [0.2, 0.25) is 0 Å². The molecule has 0 bridgehead atoms. The number of anilines is 1. The fourth-order valence-corrected chi connectivity index (χ4v) is 4.18. The van der Waals surface area contributed by atoms with Crippen LogP contribution in [0, 0.1) is 0 Å². The predicted molar refractivity (Wildman–Crippen MR) is 85.1 cm³/mol. The highest BCUT2D eigenvalue weighted by Crippen LogP contribution is 2.29. The first-order valence-corrected chi connectivity index (χ1v) is 8.44. The van der Waals surface area contributed by atoms with Gasteiger partial charge in [0.15, 0.2) is 0 Å². The molecule has 0 amide bonds. The van der Waals surface area contributed by atoms with Crippen LogP contribution in [0.15, 0.2) is 22.7 Å². The van der Waals surface area contributed by atoms with E-state index in [1.165, 1.54) is 56.7 Å². The van der Waals surface area contributed by atoms with Crippen LogP contribution in [0.1, 0.15) is 24.8 Å². The van der Waals surface area contributed by atoms with Gasteiger partial charge in [-0.1, -0.05) is 22.0 Å². The zero-order valence-electron chi connectivity index (χ0n) is 11.1. The number of rotatable bonds is 2. The van der Waals surface area contributed by atoms with Crippen molar-refractivity contribution in [3.05, 3.63) is 28.2 Å². The molecule has 1 aromatic carbocycles. The van der Waals surface area contributed by atoms with E-state index in [-0.39, 0.29) is 0 Å². The van der Waals surface area contributed by atoms with Crippen molar-refractivity contribution in [2.24, 2.45) is 0 Å². The third-order valence-electron chi connectivity index (χ3n) is 4.35. The van der Waals surface area contributed by atoms with Gasteiger partial charge in [-0.3, -0.25) is 4.90 Å². The highest BCUT2D eigenvalue weighted by atomic mass is 79.9. The Morgan fingerprint density at radius 3 is 2.84 bits per heavy atom. The normalized spacial score (nSPS) is 24.3. The molecular weight excluding hydrogens is 324 g/mol. The van der Waals surface area contributed by atoms with Crippen LogP contribution in [-0.2, 0) is 5.88 Å². The minimum absolute atomic E-state index is 0.567. The standard InChI is InChI=1S/C15H20BrClN2/c16-15-9-13(5-4-12(15)10-17)19-8-2-7-18-6-1-3-14(18)11-19/h4-5,9,14H,1-3,6-8,10-11H2. The minimum Gasteiger partial charge on any atom is -0.370 e. The summed E-state index contributed by atoms with van der Waals surface area (Å²) in [6.07, 6.45) is 4.00. The molecule has 0 N–H and O–H groups in total. The number of nitrogens with zero attached hydrogens (tertiary/aromatic N) is 2. The van der Waals surface area contributed by atoms with E-state index in [4.69, 9.17) is 11.6 Å². The Kier molecular flexibility index (Phi) is 4.35. The average molecular weight is 344 g/mol. The third kappa shape index (κ3) is 2.93. The summed E-state index contributed by atoms with van der Waals surface area (Å²) >= 11 is 9.55. The van der Waals surface area contributed by atoms with Crippen LogP contribution >= 0.6 is 27.5 Å². The summed E-state index contributed by atoms with van der Waals surface area (Å²) in [7, 11) is 0. The molecule has 4 heteroatoms. The molecule has 0 radical (unpaired) electrons. The molecule has 2 aliphatic heterocycles. The summed E-state index contributed by atoms with van der Waals surface area (Å²) in [4.78, 5) is 5.21.